The minimum absolute atomic E-state index is 0.0242. The molecule has 8 heteroatoms. The Bertz CT molecular complexity index is 845. The van der Waals surface area contributed by atoms with Crippen molar-refractivity contribution in [2.24, 2.45) is 0 Å². The van der Waals surface area contributed by atoms with Crippen LogP contribution in [0.1, 0.15) is 36.8 Å². The molecule has 1 aromatic rings. The second kappa shape index (κ2) is 8.71. The molecule has 0 unspecified atom stereocenters. The third-order valence-electron chi connectivity index (χ3n) is 6.34. The molecule has 0 radical (unpaired) electrons. The van der Waals surface area contributed by atoms with E-state index in [1.165, 1.54) is 16.3 Å². The molecule has 2 fully saturated rings. The number of carbonyl (C=O) groups excluding carboxylic acids is 1. The lowest BCUT2D eigenvalue weighted by atomic mass is 9.92. The fourth-order valence-corrected chi connectivity index (χ4v) is 5.90. The molecule has 2 aliphatic carbocycles. The average molecular weight is 422 g/mol. The minimum atomic E-state index is -3.53. The molecule has 0 atom stereocenters. The van der Waals surface area contributed by atoms with Crippen molar-refractivity contribution in [3.63, 3.8) is 0 Å². The number of aliphatic hydroxyl groups excluding tert-OH is 1. The Morgan fingerprint density at radius 1 is 1.07 bits per heavy atom. The summed E-state index contributed by atoms with van der Waals surface area (Å²) < 4.78 is 27.7. The van der Waals surface area contributed by atoms with Crippen LogP contribution in [-0.2, 0) is 27.7 Å². The molecule has 1 amide bonds. The molecular formula is C21H31N3O4S. The van der Waals surface area contributed by atoms with Crippen molar-refractivity contribution < 1.29 is 18.3 Å². The van der Waals surface area contributed by atoms with E-state index in [0.717, 1.165) is 37.7 Å². The first-order chi connectivity index (χ1) is 14.0. The van der Waals surface area contributed by atoms with Gasteiger partial charge in [-0.05, 0) is 61.8 Å². The van der Waals surface area contributed by atoms with E-state index in [2.05, 4.69) is 0 Å². The second-order valence-corrected chi connectivity index (χ2v) is 10.3. The number of benzene rings is 1. The molecule has 1 aromatic carbocycles. The van der Waals surface area contributed by atoms with Crippen molar-refractivity contribution in [1.29, 1.82) is 0 Å². The lowest BCUT2D eigenvalue weighted by Gasteiger charge is -2.35. The number of nitrogens with zero attached hydrogens (tertiary/aromatic N) is 3. The van der Waals surface area contributed by atoms with Crippen molar-refractivity contribution in [1.82, 2.24) is 14.1 Å². The molecule has 0 spiro atoms. The first-order valence-corrected chi connectivity index (χ1v) is 12.2. The molecule has 7 nitrogen and oxygen atoms in total. The Balaban J connectivity index is 1.36. The van der Waals surface area contributed by atoms with Gasteiger partial charge in [0.25, 0.3) is 0 Å². The Hall–Kier alpha value is -1.48. The highest BCUT2D eigenvalue weighted by Gasteiger charge is 2.34. The summed E-state index contributed by atoms with van der Waals surface area (Å²) in [6, 6.07) is 5.97. The van der Waals surface area contributed by atoms with Crippen molar-refractivity contribution in [2.45, 2.75) is 49.5 Å². The van der Waals surface area contributed by atoms with Crippen LogP contribution in [0.25, 0.3) is 0 Å². The van der Waals surface area contributed by atoms with Crippen molar-refractivity contribution in [3.05, 3.63) is 29.3 Å². The Labute approximate surface area is 173 Å². The number of piperazine rings is 1. The summed E-state index contributed by atoms with van der Waals surface area (Å²) in [7, 11) is -3.53. The van der Waals surface area contributed by atoms with E-state index >= 15 is 0 Å². The summed E-state index contributed by atoms with van der Waals surface area (Å²) in [6.07, 6.45) is 6.44. The normalized spacial score (nSPS) is 20.7. The molecule has 1 aliphatic heterocycles. The van der Waals surface area contributed by atoms with Crippen LogP contribution in [0.5, 0.6) is 0 Å². The van der Waals surface area contributed by atoms with Crippen LogP contribution < -0.4 is 0 Å². The first kappa shape index (κ1) is 20.8. The van der Waals surface area contributed by atoms with Gasteiger partial charge in [-0.2, -0.15) is 4.31 Å². The first-order valence-electron chi connectivity index (χ1n) is 10.7. The summed E-state index contributed by atoms with van der Waals surface area (Å²) in [4.78, 5) is 16.8. The third-order valence-corrected chi connectivity index (χ3v) is 8.23. The van der Waals surface area contributed by atoms with Crippen LogP contribution in [0, 0.1) is 0 Å². The van der Waals surface area contributed by atoms with Gasteiger partial charge < -0.3 is 10.0 Å². The van der Waals surface area contributed by atoms with Gasteiger partial charge in [0.15, 0.2) is 0 Å². The van der Waals surface area contributed by atoms with Gasteiger partial charge in [-0.15, -0.1) is 0 Å². The van der Waals surface area contributed by atoms with E-state index in [-0.39, 0.29) is 12.5 Å². The number of rotatable bonds is 7. The van der Waals surface area contributed by atoms with E-state index in [1.807, 2.05) is 17.0 Å². The maximum absolute atomic E-state index is 13.1. The van der Waals surface area contributed by atoms with Crippen LogP contribution in [0.2, 0.25) is 0 Å². The lowest BCUT2D eigenvalue weighted by molar-refractivity contribution is -0.133. The van der Waals surface area contributed by atoms with E-state index in [9.17, 15) is 18.3 Å². The average Bonchev–Trinajstić information content (AvgIpc) is 3.58. The van der Waals surface area contributed by atoms with Gasteiger partial charge in [-0.3, -0.25) is 9.69 Å². The molecule has 0 bridgehead atoms. The SMILES string of the molecule is O=C(CN(CCO)C1CC1)N1CCN(S(=O)(=O)c2ccc3c(c2)CCCC3)CC1. The van der Waals surface area contributed by atoms with Crippen molar-refractivity contribution in [2.75, 3.05) is 45.9 Å². The molecule has 1 saturated carbocycles. The Morgan fingerprint density at radius 2 is 1.76 bits per heavy atom. The van der Waals surface area contributed by atoms with Crippen LogP contribution in [0.15, 0.2) is 23.1 Å². The number of amides is 1. The minimum Gasteiger partial charge on any atom is -0.395 e. The van der Waals surface area contributed by atoms with Gasteiger partial charge in [0.1, 0.15) is 0 Å². The summed E-state index contributed by atoms with van der Waals surface area (Å²) in [5, 5.41) is 9.20. The van der Waals surface area contributed by atoms with E-state index in [1.54, 1.807) is 11.0 Å². The van der Waals surface area contributed by atoms with Gasteiger partial charge >= 0.3 is 0 Å². The largest absolute Gasteiger partial charge is 0.395 e. The molecule has 0 aromatic heterocycles. The summed E-state index contributed by atoms with van der Waals surface area (Å²) >= 11 is 0. The topological polar surface area (TPSA) is 81.2 Å². The number of sulfonamides is 1. The second-order valence-electron chi connectivity index (χ2n) is 8.35. The zero-order valence-corrected chi connectivity index (χ0v) is 17.7. The molecule has 160 valence electrons. The van der Waals surface area contributed by atoms with Gasteiger partial charge in [-0.25, -0.2) is 8.42 Å². The third kappa shape index (κ3) is 4.66. The highest BCUT2D eigenvalue weighted by atomic mass is 32.2. The Morgan fingerprint density at radius 3 is 2.41 bits per heavy atom. The fourth-order valence-electron chi connectivity index (χ4n) is 4.43. The number of fused-ring (bicyclic) bond motifs is 1. The maximum Gasteiger partial charge on any atom is 0.243 e. The van der Waals surface area contributed by atoms with Crippen molar-refractivity contribution >= 4 is 15.9 Å². The zero-order valence-electron chi connectivity index (χ0n) is 16.9. The summed E-state index contributed by atoms with van der Waals surface area (Å²) in [6.45, 7) is 2.37. The summed E-state index contributed by atoms with van der Waals surface area (Å²) in [5.74, 6) is 0.0242. The predicted molar refractivity (Wildman–Crippen MR) is 110 cm³/mol. The maximum atomic E-state index is 13.1. The van der Waals surface area contributed by atoms with Gasteiger partial charge in [0.2, 0.25) is 15.9 Å². The van der Waals surface area contributed by atoms with Crippen LogP contribution >= 0.6 is 0 Å². The molecule has 3 aliphatic rings. The van der Waals surface area contributed by atoms with E-state index in [0.29, 0.717) is 50.2 Å². The van der Waals surface area contributed by atoms with Gasteiger partial charge in [0, 0.05) is 38.8 Å². The highest BCUT2D eigenvalue weighted by Crippen LogP contribution is 2.27. The van der Waals surface area contributed by atoms with Crippen LogP contribution in [0.3, 0.4) is 0 Å². The zero-order chi connectivity index (χ0) is 20.4. The number of aryl methyl sites for hydroxylation is 2. The number of hydrogen-bond acceptors (Lipinski definition) is 5. The smallest absolute Gasteiger partial charge is 0.243 e. The molecule has 1 saturated heterocycles. The molecule has 1 N–H and O–H groups in total. The van der Waals surface area contributed by atoms with Crippen LogP contribution in [-0.4, -0.2) is 85.5 Å². The quantitative estimate of drug-likeness (QED) is 0.706. The standard InChI is InChI=1S/C21H31N3O4S/c25-14-13-23(19-6-7-19)16-21(26)22-9-11-24(12-10-22)29(27,28)20-8-5-17-3-1-2-4-18(17)15-20/h5,8,15,19,25H,1-4,6-7,9-14,16H2. The number of aliphatic hydroxyl groups is 1. The lowest BCUT2D eigenvalue weighted by Crippen LogP contribution is -2.52. The number of hydrogen-bond donors (Lipinski definition) is 1. The fraction of sp³-hybridized carbons (Fsp3) is 0.667. The summed E-state index contributed by atoms with van der Waals surface area (Å²) in [5.41, 5.74) is 2.43. The predicted octanol–water partition coefficient (Wildman–Crippen LogP) is 0.855. The number of carbonyl (C=O) groups is 1. The van der Waals surface area contributed by atoms with Crippen molar-refractivity contribution in [3.8, 4) is 0 Å². The molecule has 29 heavy (non-hydrogen) atoms. The molecule has 1 heterocycles. The Kier molecular flexibility index (Phi) is 6.24. The monoisotopic (exact) mass is 421 g/mol. The van der Waals surface area contributed by atoms with E-state index in [4.69, 9.17) is 0 Å². The molecule has 4 rings (SSSR count). The van der Waals surface area contributed by atoms with Crippen LogP contribution in [0.4, 0.5) is 0 Å². The highest BCUT2D eigenvalue weighted by molar-refractivity contribution is 7.89. The van der Waals surface area contributed by atoms with Gasteiger partial charge in [-0.1, -0.05) is 6.07 Å². The van der Waals surface area contributed by atoms with E-state index < -0.39 is 10.0 Å². The van der Waals surface area contributed by atoms with Gasteiger partial charge in [0.05, 0.1) is 18.0 Å². The molecular weight excluding hydrogens is 390 g/mol.